The van der Waals surface area contributed by atoms with E-state index < -0.39 is 23.6 Å². The Labute approximate surface area is 106 Å². The van der Waals surface area contributed by atoms with Gasteiger partial charge in [0.25, 0.3) is 0 Å². The monoisotopic (exact) mass is 258 g/mol. The summed E-state index contributed by atoms with van der Waals surface area (Å²) >= 11 is 0. The topological polar surface area (TPSA) is 71.1 Å². The molecule has 1 aliphatic heterocycles. The Morgan fingerprint density at radius 2 is 1.78 bits per heavy atom. The Kier molecular flexibility index (Phi) is 5.30. The molecule has 0 unspecified atom stereocenters. The number of rotatable bonds is 6. The fraction of sp³-hybridized carbons (Fsp3) is 0.667. The van der Waals surface area contributed by atoms with E-state index in [1.165, 1.54) is 20.3 Å². The van der Waals surface area contributed by atoms with Gasteiger partial charge in [0, 0.05) is 6.42 Å². The van der Waals surface area contributed by atoms with Gasteiger partial charge in [0.1, 0.15) is 0 Å². The number of carbonyl (C=O) groups is 2. The summed E-state index contributed by atoms with van der Waals surface area (Å²) in [5.41, 5.74) is -1.46. The van der Waals surface area contributed by atoms with Gasteiger partial charge in [-0.15, -0.1) is 6.58 Å². The zero-order chi connectivity index (χ0) is 13.6. The van der Waals surface area contributed by atoms with E-state index in [0.29, 0.717) is 13.2 Å². The van der Waals surface area contributed by atoms with Crippen molar-refractivity contribution >= 4 is 11.9 Å². The maximum absolute atomic E-state index is 11.9. The van der Waals surface area contributed by atoms with Gasteiger partial charge in [-0.2, -0.15) is 0 Å². The molecular weight excluding hydrogens is 240 g/mol. The van der Waals surface area contributed by atoms with Gasteiger partial charge in [-0.1, -0.05) is 6.08 Å². The van der Waals surface area contributed by atoms with Crippen LogP contribution in [-0.4, -0.2) is 45.7 Å². The molecule has 0 aliphatic carbocycles. The van der Waals surface area contributed by atoms with Crippen molar-refractivity contribution in [3.05, 3.63) is 12.7 Å². The van der Waals surface area contributed by atoms with Crippen LogP contribution < -0.4 is 0 Å². The molecule has 6 heteroatoms. The number of methoxy groups -OCH3 is 2. The fourth-order valence-electron chi connectivity index (χ4n) is 1.95. The molecule has 0 N–H and O–H groups in total. The minimum absolute atomic E-state index is 0.0539. The summed E-state index contributed by atoms with van der Waals surface area (Å²) in [6.07, 6.45) is 1.03. The molecule has 1 heterocycles. The van der Waals surface area contributed by atoms with Crippen molar-refractivity contribution in [3.63, 3.8) is 0 Å². The van der Waals surface area contributed by atoms with E-state index in [9.17, 15) is 9.59 Å². The Morgan fingerprint density at radius 3 is 2.17 bits per heavy atom. The smallest absolute Gasteiger partial charge is 0.323 e. The zero-order valence-corrected chi connectivity index (χ0v) is 10.6. The molecule has 1 rings (SSSR count). The van der Waals surface area contributed by atoms with Crippen molar-refractivity contribution in [1.82, 2.24) is 0 Å². The fourth-order valence-corrected chi connectivity index (χ4v) is 1.95. The molecule has 1 fully saturated rings. The van der Waals surface area contributed by atoms with E-state index in [-0.39, 0.29) is 12.8 Å². The second kappa shape index (κ2) is 6.51. The molecule has 0 saturated carbocycles. The Bertz CT molecular complexity index is 303. The summed E-state index contributed by atoms with van der Waals surface area (Å²) in [5, 5.41) is 0. The van der Waals surface area contributed by atoms with Crippen molar-refractivity contribution in [1.29, 1.82) is 0 Å². The third kappa shape index (κ3) is 2.88. The van der Waals surface area contributed by atoms with Crippen molar-refractivity contribution in [3.8, 4) is 0 Å². The Balaban J connectivity index is 2.97. The van der Waals surface area contributed by atoms with E-state index in [1.54, 1.807) is 0 Å². The first kappa shape index (κ1) is 14.7. The van der Waals surface area contributed by atoms with E-state index in [0.717, 1.165) is 0 Å². The number of hydrogen-bond donors (Lipinski definition) is 0. The highest BCUT2D eigenvalue weighted by Gasteiger charge is 2.50. The van der Waals surface area contributed by atoms with Gasteiger partial charge in [0.05, 0.1) is 27.4 Å². The normalized spacial score (nSPS) is 16.3. The molecule has 1 aliphatic rings. The average Bonchev–Trinajstić information content (AvgIpc) is 2.88. The molecule has 102 valence electrons. The SMILES string of the molecule is C=CCC(CC1OCCO1)(C(=O)OC)C(=O)OC. The number of hydrogen-bond acceptors (Lipinski definition) is 6. The third-order valence-corrected chi connectivity index (χ3v) is 2.85. The highest BCUT2D eigenvalue weighted by atomic mass is 16.7. The van der Waals surface area contributed by atoms with Crippen LogP contribution in [0.3, 0.4) is 0 Å². The predicted molar refractivity (Wildman–Crippen MR) is 61.6 cm³/mol. The summed E-state index contributed by atoms with van der Waals surface area (Å²) in [7, 11) is 2.44. The molecule has 6 nitrogen and oxygen atoms in total. The zero-order valence-electron chi connectivity index (χ0n) is 10.6. The van der Waals surface area contributed by atoms with Crippen molar-refractivity contribution in [2.24, 2.45) is 5.41 Å². The molecule has 0 amide bonds. The second-order valence-corrected chi connectivity index (χ2v) is 3.93. The molecule has 0 aromatic carbocycles. The first-order valence-corrected chi connectivity index (χ1v) is 5.61. The van der Waals surface area contributed by atoms with Crippen LogP contribution in [0, 0.1) is 5.41 Å². The number of esters is 2. The number of allylic oxidation sites excluding steroid dienone is 1. The van der Waals surface area contributed by atoms with Gasteiger partial charge >= 0.3 is 11.9 Å². The Hall–Kier alpha value is -1.40. The van der Waals surface area contributed by atoms with Gasteiger partial charge in [-0.25, -0.2) is 0 Å². The van der Waals surface area contributed by atoms with Gasteiger partial charge in [0.15, 0.2) is 11.7 Å². The highest BCUT2D eigenvalue weighted by molar-refractivity contribution is 6.00. The maximum Gasteiger partial charge on any atom is 0.323 e. The van der Waals surface area contributed by atoms with Crippen LogP contribution in [0.4, 0.5) is 0 Å². The second-order valence-electron chi connectivity index (χ2n) is 3.93. The maximum atomic E-state index is 11.9. The van der Waals surface area contributed by atoms with E-state index in [4.69, 9.17) is 18.9 Å². The molecule has 0 radical (unpaired) electrons. The van der Waals surface area contributed by atoms with Gasteiger partial charge in [-0.3, -0.25) is 9.59 Å². The molecule has 0 atom stereocenters. The van der Waals surface area contributed by atoms with Crippen LogP contribution in [0.1, 0.15) is 12.8 Å². The average molecular weight is 258 g/mol. The first-order chi connectivity index (χ1) is 8.60. The van der Waals surface area contributed by atoms with Crippen LogP contribution in [-0.2, 0) is 28.5 Å². The quantitative estimate of drug-likeness (QED) is 0.396. The molecule has 0 bridgehead atoms. The standard InChI is InChI=1S/C12H18O6/c1-4-5-12(10(13)15-2,11(14)16-3)8-9-17-6-7-18-9/h4,9H,1,5-8H2,2-3H3. The lowest BCUT2D eigenvalue weighted by molar-refractivity contribution is -0.176. The van der Waals surface area contributed by atoms with E-state index in [1.807, 2.05) is 0 Å². The summed E-state index contributed by atoms with van der Waals surface area (Å²) in [4.78, 5) is 23.9. The van der Waals surface area contributed by atoms with Gasteiger partial charge in [0.2, 0.25) is 0 Å². The van der Waals surface area contributed by atoms with Crippen molar-refractivity contribution < 1.29 is 28.5 Å². The molecule has 0 aromatic rings. The van der Waals surface area contributed by atoms with E-state index >= 15 is 0 Å². The largest absolute Gasteiger partial charge is 0.468 e. The summed E-state index contributed by atoms with van der Waals surface area (Å²) < 4.78 is 19.9. The lowest BCUT2D eigenvalue weighted by atomic mass is 9.80. The summed E-state index contributed by atoms with van der Waals surface area (Å²) in [5.74, 6) is -1.35. The number of ether oxygens (including phenoxy) is 4. The van der Waals surface area contributed by atoms with Crippen LogP contribution in [0.15, 0.2) is 12.7 Å². The van der Waals surface area contributed by atoms with Crippen molar-refractivity contribution in [2.75, 3.05) is 27.4 Å². The first-order valence-electron chi connectivity index (χ1n) is 5.61. The van der Waals surface area contributed by atoms with Gasteiger partial charge < -0.3 is 18.9 Å². The minimum atomic E-state index is -1.46. The molecular formula is C12H18O6. The van der Waals surface area contributed by atoms with Crippen LogP contribution >= 0.6 is 0 Å². The third-order valence-electron chi connectivity index (χ3n) is 2.85. The van der Waals surface area contributed by atoms with Crippen molar-refractivity contribution in [2.45, 2.75) is 19.1 Å². The summed E-state index contributed by atoms with van der Waals surface area (Å²) in [6.45, 7) is 4.44. The molecule has 18 heavy (non-hydrogen) atoms. The van der Waals surface area contributed by atoms with Crippen LogP contribution in [0.5, 0.6) is 0 Å². The lowest BCUT2D eigenvalue weighted by Crippen LogP contribution is -2.43. The van der Waals surface area contributed by atoms with Crippen LogP contribution in [0.2, 0.25) is 0 Å². The van der Waals surface area contributed by atoms with E-state index in [2.05, 4.69) is 6.58 Å². The minimum Gasteiger partial charge on any atom is -0.468 e. The number of carbonyl (C=O) groups excluding carboxylic acids is 2. The lowest BCUT2D eigenvalue weighted by Gasteiger charge is -2.28. The molecule has 1 saturated heterocycles. The van der Waals surface area contributed by atoms with Crippen LogP contribution in [0.25, 0.3) is 0 Å². The molecule has 0 aromatic heterocycles. The Morgan fingerprint density at radius 1 is 1.28 bits per heavy atom. The van der Waals surface area contributed by atoms with Gasteiger partial charge in [-0.05, 0) is 6.42 Å². The highest BCUT2D eigenvalue weighted by Crippen LogP contribution is 2.34. The summed E-state index contributed by atoms with van der Waals surface area (Å²) in [6, 6.07) is 0. The molecule has 0 spiro atoms. The predicted octanol–water partition coefficient (Wildman–Crippen LogP) is 0.658.